The molecule has 138 valence electrons. The normalized spacial score (nSPS) is 11.1. The Morgan fingerprint density at radius 1 is 0.889 bits per heavy atom. The Kier molecular flexibility index (Phi) is 5.21. The zero-order valence-electron chi connectivity index (χ0n) is 16.1. The van der Waals surface area contributed by atoms with Crippen molar-refractivity contribution in [3.05, 3.63) is 72.1 Å². The zero-order valence-corrected chi connectivity index (χ0v) is 16.1. The second-order valence-electron chi connectivity index (χ2n) is 7.47. The second-order valence-corrected chi connectivity index (χ2v) is 7.47. The molecule has 0 amide bonds. The molecule has 1 heterocycles. The summed E-state index contributed by atoms with van der Waals surface area (Å²) >= 11 is 0. The van der Waals surface area contributed by atoms with Crippen LogP contribution in [0.5, 0.6) is 0 Å². The van der Waals surface area contributed by atoms with Crippen LogP contribution in [-0.2, 0) is 5.41 Å². The quantitative estimate of drug-likeness (QED) is 0.591. The predicted molar refractivity (Wildman–Crippen MR) is 110 cm³/mol. The molecule has 0 bridgehead atoms. The molecular formula is C22H24N4O. The molecule has 0 aliphatic rings. The minimum atomic E-state index is 0.0240. The van der Waals surface area contributed by atoms with Gasteiger partial charge in [0.1, 0.15) is 18.0 Å². The van der Waals surface area contributed by atoms with Crippen molar-refractivity contribution >= 4 is 28.8 Å². The van der Waals surface area contributed by atoms with Gasteiger partial charge in [0, 0.05) is 23.0 Å². The Morgan fingerprint density at radius 3 is 2.15 bits per heavy atom. The average Bonchev–Trinajstić information content (AvgIpc) is 2.62. The summed E-state index contributed by atoms with van der Waals surface area (Å²) in [5.41, 5.74) is 3.82. The van der Waals surface area contributed by atoms with E-state index in [4.69, 9.17) is 0 Å². The van der Waals surface area contributed by atoms with E-state index in [1.54, 1.807) is 19.1 Å². The van der Waals surface area contributed by atoms with E-state index in [-0.39, 0.29) is 11.2 Å². The lowest BCUT2D eigenvalue weighted by atomic mass is 9.86. The number of carbonyl (C=O) groups excluding carboxylic acids is 1. The standard InChI is InChI=1S/C22H24N4O/c1-15(27)16-9-11-17(12-10-16)25-20-13-21(24-14-23-20)26-19-8-6-5-7-18(19)22(2,3)4/h5-14H,1-4H3,(H2,23,24,25,26). The fraction of sp³-hybridized carbons (Fsp3) is 0.227. The first kappa shape index (κ1) is 18.6. The van der Waals surface area contributed by atoms with Crippen molar-refractivity contribution in [3.8, 4) is 0 Å². The monoisotopic (exact) mass is 360 g/mol. The van der Waals surface area contributed by atoms with Crippen molar-refractivity contribution in [2.24, 2.45) is 0 Å². The highest BCUT2D eigenvalue weighted by Gasteiger charge is 2.17. The van der Waals surface area contributed by atoms with Crippen LogP contribution in [-0.4, -0.2) is 15.8 Å². The fourth-order valence-corrected chi connectivity index (χ4v) is 2.81. The van der Waals surface area contributed by atoms with Crippen LogP contribution >= 0.6 is 0 Å². The number of ketones is 1. The number of hydrogen-bond donors (Lipinski definition) is 2. The first-order valence-corrected chi connectivity index (χ1v) is 8.89. The maximum absolute atomic E-state index is 11.4. The average molecular weight is 360 g/mol. The van der Waals surface area contributed by atoms with Gasteiger partial charge in [-0.2, -0.15) is 0 Å². The van der Waals surface area contributed by atoms with Gasteiger partial charge in [-0.25, -0.2) is 9.97 Å². The first-order chi connectivity index (χ1) is 12.8. The Balaban J connectivity index is 1.79. The molecule has 2 aromatic carbocycles. The van der Waals surface area contributed by atoms with Crippen LogP contribution < -0.4 is 10.6 Å². The molecule has 0 aliphatic heterocycles. The molecular weight excluding hydrogens is 336 g/mol. The number of para-hydroxylation sites is 1. The Labute approximate surface area is 159 Å². The number of Topliss-reactive ketones (excluding diaryl/α,β-unsaturated/α-hetero) is 1. The summed E-state index contributed by atoms with van der Waals surface area (Å²) in [6.45, 7) is 8.11. The summed E-state index contributed by atoms with van der Waals surface area (Å²) in [7, 11) is 0. The van der Waals surface area contributed by atoms with E-state index in [2.05, 4.69) is 53.5 Å². The summed E-state index contributed by atoms with van der Waals surface area (Å²) in [5, 5.41) is 6.63. The van der Waals surface area contributed by atoms with E-state index in [1.807, 2.05) is 30.3 Å². The van der Waals surface area contributed by atoms with Crippen LogP contribution in [0.4, 0.5) is 23.0 Å². The third-order valence-corrected chi connectivity index (χ3v) is 4.23. The smallest absolute Gasteiger partial charge is 0.159 e. The highest BCUT2D eigenvalue weighted by Crippen LogP contribution is 2.31. The Hall–Kier alpha value is -3.21. The van der Waals surface area contributed by atoms with Gasteiger partial charge < -0.3 is 10.6 Å². The molecule has 5 nitrogen and oxygen atoms in total. The summed E-state index contributed by atoms with van der Waals surface area (Å²) in [6.07, 6.45) is 1.52. The molecule has 0 saturated heterocycles. The van der Waals surface area contributed by atoms with Gasteiger partial charge in [0.15, 0.2) is 5.78 Å². The van der Waals surface area contributed by atoms with Crippen LogP contribution in [0.3, 0.4) is 0 Å². The third kappa shape index (κ3) is 4.70. The van der Waals surface area contributed by atoms with Gasteiger partial charge in [0.05, 0.1) is 0 Å². The Bertz CT molecular complexity index is 943. The highest BCUT2D eigenvalue weighted by atomic mass is 16.1. The van der Waals surface area contributed by atoms with Crippen molar-refractivity contribution in [2.45, 2.75) is 33.1 Å². The molecule has 3 aromatic rings. The molecule has 0 saturated carbocycles. The molecule has 0 spiro atoms. The molecule has 0 fully saturated rings. The number of aromatic nitrogens is 2. The molecule has 0 radical (unpaired) electrons. The molecule has 2 N–H and O–H groups in total. The van der Waals surface area contributed by atoms with Crippen LogP contribution in [0.25, 0.3) is 0 Å². The van der Waals surface area contributed by atoms with Crippen molar-refractivity contribution in [1.82, 2.24) is 9.97 Å². The number of hydrogen-bond acceptors (Lipinski definition) is 5. The van der Waals surface area contributed by atoms with E-state index >= 15 is 0 Å². The summed E-state index contributed by atoms with van der Waals surface area (Å²) in [6, 6.07) is 17.4. The van der Waals surface area contributed by atoms with E-state index < -0.39 is 0 Å². The molecule has 0 unspecified atom stereocenters. The van der Waals surface area contributed by atoms with Gasteiger partial charge in [-0.05, 0) is 48.2 Å². The van der Waals surface area contributed by atoms with Crippen LogP contribution in [0.15, 0.2) is 60.9 Å². The fourth-order valence-electron chi connectivity index (χ4n) is 2.81. The van der Waals surface area contributed by atoms with Crippen LogP contribution in [0.1, 0.15) is 43.6 Å². The van der Waals surface area contributed by atoms with Crippen molar-refractivity contribution in [3.63, 3.8) is 0 Å². The van der Waals surface area contributed by atoms with Gasteiger partial charge >= 0.3 is 0 Å². The Morgan fingerprint density at radius 2 is 1.52 bits per heavy atom. The minimum absolute atomic E-state index is 0.0240. The van der Waals surface area contributed by atoms with Gasteiger partial charge in [-0.15, -0.1) is 0 Å². The van der Waals surface area contributed by atoms with E-state index in [0.717, 1.165) is 11.4 Å². The SMILES string of the molecule is CC(=O)c1ccc(Nc2cc(Nc3ccccc3C(C)(C)C)ncn2)cc1. The lowest BCUT2D eigenvalue weighted by Gasteiger charge is -2.23. The molecule has 1 aromatic heterocycles. The third-order valence-electron chi connectivity index (χ3n) is 4.23. The first-order valence-electron chi connectivity index (χ1n) is 8.89. The summed E-state index contributed by atoms with van der Waals surface area (Å²) < 4.78 is 0. The van der Waals surface area contributed by atoms with Crippen molar-refractivity contribution < 1.29 is 4.79 Å². The van der Waals surface area contributed by atoms with Crippen LogP contribution in [0.2, 0.25) is 0 Å². The lowest BCUT2D eigenvalue weighted by molar-refractivity contribution is 0.101. The van der Waals surface area contributed by atoms with E-state index in [1.165, 1.54) is 11.9 Å². The number of anilines is 4. The van der Waals surface area contributed by atoms with Gasteiger partial charge in [0.2, 0.25) is 0 Å². The van der Waals surface area contributed by atoms with Crippen LogP contribution in [0, 0.1) is 0 Å². The zero-order chi connectivity index (χ0) is 19.4. The topological polar surface area (TPSA) is 66.9 Å². The van der Waals surface area contributed by atoms with Gasteiger partial charge in [-0.1, -0.05) is 39.0 Å². The molecule has 3 rings (SSSR count). The predicted octanol–water partition coefficient (Wildman–Crippen LogP) is 5.46. The number of nitrogens with zero attached hydrogens (tertiary/aromatic N) is 2. The number of nitrogens with one attached hydrogen (secondary N) is 2. The van der Waals surface area contributed by atoms with Gasteiger partial charge in [0.25, 0.3) is 0 Å². The summed E-state index contributed by atoms with van der Waals surface area (Å²) in [4.78, 5) is 20.0. The van der Waals surface area contributed by atoms with Crippen molar-refractivity contribution in [2.75, 3.05) is 10.6 Å². The maximum Gasteiger partial charge on any atom is 0.159 e. The van der Waals surface area contributed by atoms with E-state index in [0.29, 0.717) is 17.2 Å². The number of rotatable bonds is 5. The van der Waals surface area contributed by atoms with Crippen molar-refractivity contribution in [1.29, 1.82) is 0 Å². The largest absolute Gasteiger partial charge is 0.340 e. The number of benzene rings is 2. The van der Waals surface area contributed by atoms with E-state index in [9.17, 15) is 4.79 Å². The number of carbonyl (C=O) groups is 1. The molecule has 27 heavy (non-hydrogen) atoms. The second kappa shape index (κ2) is 7.58. The minimum Gasteiger partial charge on any atom is -0.340 e. The van der Waals surface area contributed by atoms with Gasteiger partial charge in [-0.3, -0.25) is 4.79 Å². The molecule has 5 heteroatoms. The molecule has 0 atom stereocenters. The maximum atomic E-state index is 11.4. The lowest BCUT2D eigenvalue weighted by Crippen LogP contribution is -2.13. The highest BCUT2D eigenvalue weighted by molar-refractivity contribution is 5.94. The summed E-state index contributed by atoms with van der Waals surface area (Å²) in [5.74, 6) is 1.44. The molecule has 0 aliphatic carbocycles.